The Morgan fingerprint density at radius 2 is 1.85 bits per heavy atom. The molecule has 1 aromatic rings. The van der Waals surface area contributed by atoms with Crippen molar-refractivity contribution in [1.82, 2.24) is 9.80 Å². The summed E-state index contributed by atoms with van der Waals surface area (Å²) < 4.78 is 0. The number of nitrogens with zero attached hydrogens (tertiary/aromatic N) is 3. The number of likely N-dealkylation sites (tertiary alicyclic amines) is 1. The number of amides is 2. The van der Waals surface area contributed by atoms with Crippen LogP contribution in [-0.2, 0) is 9.59 Å². The molecule has 0 spiro atoms. The highest BCUT2D eigenvalue weighted by atomic mass is 16.2. The third-order valence-electron chi connectivity index (χ3n) is 5.33. The standard InChI is InChI=1S/C20H30N4O2/c1-16-14-17(7-8-18(16)23-12-10-22(2)11-13-23)21-19(25)15-24-9-5-3-4-6-20(24)26/h7-8,14H,3-6,9-13,15H2,1-2H3,(H,21,25). The highest BCUT2D eigenvalue weighted by molar-refractivity contribution is 5.94. The average molecular weight is 358 g/mol. The number of carbonyl (C=O) groups excluding carboxylic acids is 2. The van der Waals surface area contributed by atoms with Crippen LogP contribution in [-0.4, -0.2) is 67.9 Å². The van der Waals surface area contributed by atoms with Gasteiger partial charge in [0, 0.05) is 50.5 Å². The molecule has 3 rings (SSSR count). The van der Waals surface area contributed by atoms with Crippen LogP contribution < -0.4 is 10.2 Å². The van der Waals surface area contributed by atoms with E-state index in [0.717, 1.165) is 51.1 Å². The highest BCUT2D eigenvalue weighted by Crippen LogP contribution is 2.24. The zero-order valence-electron chi connectivity index (χ0n) is 16.0. The number of benzene rings is 1. The number of likely N-dealkylation sites (N-methyl/N-ethyl adjacent to an activating group) is 1. The predicted molar refractivity (Wildman–Crippen MR) is 105 cm³/mol. The van der Waals surface area contributed by atoms with Crippen LogP contribution in [0.25, 0.3) is 0 Å². The summed E-state index contributed by atoms with van der Waals surface area (Å²) in [6.07, 6.45) is 3.55. The monoisotopic (exact) mass is 358 g/mol. The van der Waals surface area contributed by atoms with Crippen molar-refractivity contribution < 1.29 is 9.59 Å². The molecule has 0 unspecified atom stereocenters. The molecule has 2 fully saturated rings. The Balaban J connectivity index is 1.58. The molecule has 0 atom stereocenters. The van der Waals surface area contributed by atoms with Gasteiger partial charge in [0.1, 0.15) is 0 Å². The van der Waals surface area contributed by atoms with Crippen LogP contribution in [0.2, 0.25) is 0 Å². The molecule has 2 amide bonds. The van der Waals surface area contributed by atoms with E-state index in [1.165, 1.54) is 11.3 Å². The molecular weight excluding hydrogens is 328 g/mol. The first kappa shape index (κ1) is 18.7. The smallest absolute Gasteiger partial charge is 0.243 e. The normalized spacial score (nSPS) is 19.4. The van der Waals surface area contributed by atoms with Crippen LogP contribution in [0.4, 0.5) is 11.4 Å². The second-order valence-corrected chi connectivity index (χ2v) is 7.47. The summed E-state index contributed by atoms with van der Waals surface area (Å²) in [6.45, 7) is 7.12. The molecule has 1 aromatic carbocycles. The molecule has 2 aliphatic rings. The van der Waals surface area contributed by atoms with E-state index in [1.54, 1.807) is 4.90 Å². The summed E-state index contributed by atoms with van der Waals surface area (Å²) in [7, 11) is 2.15. The third kappa shape index (κ3) is 4.75. The first-order chi connectivity index (χ1) is 12.5. The summed E-state index contributed by atoms with van der Waals surface area (Å²) in [5.74, 6) is -0.0220. The zero-order valence-corrected chi connectivity index (χ0v) is 16.0. The number of anilines is 2. The van der Waals surface area contributed by atoms with E-state index in [2.05, 4.69) is 35.2 Å². The average Bonchev–Trinajstić information content (AvgIpc) is 2.81. The predicted octanol–water partition coefficient (Wildman–Crippen LogP) is 2.09. The number of hydrogen-bond acceptors (Lipinski definition) is 4. The molecule has 1 N–H and O–H groups in total. The van der Waals surface area contributed by atoms with Crippen LogP contribution in [0.3, 0.4) is 0 Å². The Labute approximate surface area is 156 Å². The van der Waals surface area contributed by atoms with Crippen LogP contribution >= 0.6 is 0 Å². The minimum atomic E-state index is -0.119. The lowest BCUT2D eigenvalue weighted by atomic mass is 10.1. The fourth-order valence-electron chi connectivity index (χ4n) is 3.71. The largest absolute Gasteiger partial charge is 0.369 e. The van der Waals surface area contributed by atoms with Crippen molar-refractivity contribution in [3.63, 3.8) is 0 Å². The molecule has 2 heterocycles. The van der Waals surface area contributed by atoms with Crippen molar-refractivity contribution >= 4 is 23.2 Å². The molecule has 0 radical (unpaired) electrons. The molecule has 6 nitrogen and oxygen atoms in total. The SMILES string of the molecule is Cc1cc(NC(=O)CN2CCCCCC2=O)ccc1N1CCN(C)CC1. The van der Waals surface area contributed by atoms with Crippen molar-refractivity contribution in [3.8, 4) is 0 Å². The van der Waals surface area contributed by atoms with E-state index in [-0.39, 0.29) is 18.4 Å². The van der Waals surface area contributed by atoms with Gasteiger partial charge in [-0.25, -0.2) is 0 Å². The molecule has 0 bridgehead atoms. The van der Waals surface area contributed by atoms with Crippen molar-refractivity contribution in [2.45, 2.75) is 32.6 Å². The minimum Gasteiger partial charge on any atom is -0.369 e. The second kappa shape index (κ2) is 8.54. The number of carbonyl (C=O) groups is 2. The molecule has 2 aliphatic heterocycles. The number of rotatable bonds is 4. The van der Waals surface area contributed by atoms with Crippen molar-refractivity contribution in [3.05, 3.63) is 23.8 Å². The van der Waals surface area contributed by atoms with Gasteiger partial charge in [-0.2, -0.15) is 0 Å². The van der Waals surface area contributed by atoms with Crippen LogP contribution in [0.15, 0.2) is 18.2 Å². The van der Waals surface area contributed by atoms with Gasteiger partial charge in [0.2, 0.25) is 11.8 Å². The maximum atomic E-state index is 12.4. The van der Waals surface area contributed by atoms with Crippen LogP contribution in [0, 0.1) is 6.92 Å². The number of hydrogen-bond donors (Lipinski definition) is 1. The van der Waals surface area contributed by atoms with E-state index >= 15 is 0 Å². The third-order valence-corrected chi connectivity index (χ3v) is 5.33. The van der Waals surface area contributed by atoms with Gasteiger partial charge < -0.3 is 20.0 Å². The summed E-state index contributed by atoms with van der Waals surface area (Å²) in [5, 5.41) is 2.95. The summed E-state index contributed by atoms with van der Waals surface area (Å²) in [6, 6.07) is 6.08. The fraction of sp³-hybridized carbons (Fsp3) is 0.600. The topological polar surface area (TPSA) is 55.9 Å². The molecule has 26 heavy (non-hydrogen) atoms. The lowest BCUT2D eigenvalue weighted by Gasteiger charge is -2.35. The second-order valence-electron chi connectivity index (χ2n) is 7.47. The highest BCUT2D eigenvalue weighted by Gasteiger charge is 2.20. The van der Waals surface area contributed by atoms with Crippen LogP contribution in [0.1, 0.15) is 31.2 Å². The van der Waals surface area contributed by atoms with Gasteiger partial charge in [-0.1, -0.05) is 6.42 Å². The first-order valence-corrected chi connectivity index (χ1v) is 9.65. The summed E-state index contributed by atoms with van der Waals surface area (Å²) in [5.41, 5.74) is 3.20. The van der Waals surface area contributed by atoms with E-state index in [0.29, 0.717) is 13.0 Å². The van der Waals surface area contributed by atoms with E-state index in [9.17, 15) is 9.59 Å². The molecule has 0 aromatic heterocycles. The molecule has 0 aliphatic carbocycles. The fourth-order valence-corrected chi connectivity index (χ4v) is 3.71. The van der Waals surface area contributed by atoms with Gasteiger partial charge in [0.25, 0.3) is 0 Å². The summed E-state index contributed by atoms with van der Waals surface area (Å²) in [4.78, 5) is 30.8. The van der Waals surface area contributed by atoms with Crippen molar-refractivity contribution in [2.75, 3.05) is 56.5 Å². The Bertz CT molecular complexity index is 653. The van der Waals surface area contributed by atoms with E-state index in [1.807, 2.05) is 12.1 Å². The van der Waals surface area contributed by atoms with Gasteiger partial charge in [-0.05, 0) is 50.6 Å². The molecule has 6 heteroatoms. The Morgan fingerprint density at radius 1 is 1.08 bits per heavy atom. The Kier molecular flexibility index (Phi) is 6.14. The van der Waals surface area contributed by atoms with Crippen molar-refractivity contribution in [1.29, 1.82) is 0 Å². The minimum absolute atomic E-state index is 0.0965. The lowest BCUT2D eigenvalue weighted by Crippen LogP contribution is -2.44. The number of aryl methyl sites for hydroxylation is 1. The molecular formula is C20H30N4O2. The molecule has 142 valence electrons. The summed E-state index contributed by atoms with van der Waals surface area (Å²) >= 11 is 0. The number of piperazine rings is 1. The Morgan fingerprint density at radius 3 is 2.58 bits per heavy atom. The van der Waals surface area contributed by atoms with Gasteiger partial charge >= 0.3 is 0 Å². The maximum absolute atomic E-state index is 12.4. The first-order valence-electron chi connectivity index (χ1n) is 9.65. The van der Waals surface area contributed by atoms with Gasteiger partial charge in [-0.3, -0.25) is 9.59 Å². The quantitative estimate of drug-likeness (QED) is 0.895. The van der Waals surface area contributed by atoms with E-state index < -0.39 is 0 Å². The van der Waals surface area contributed by atoms with Crippen molar-refractivity contribution in [2.24, 2.45) is 0 Å². The van der Waals surface area contributed by atoms with Gasteiger partial charge in [0.15, 0.2) is 0 Å². The maximum Gasteiger partial charge on any atom is 0.243 e. The zero-order chi connectivity index (χ0) is 18.5. The number of nitrogens with one attached hydrogen (secondary N) is 1. The molecule has 0 saturated carbocycles. The lowest BCUT2D eigenvalue weighted by molar-refractivity contribution is -0.134. The van der Waals surface area contributed by atoms with Gasteiger partial charge in [0.05, 0.1) is 6.54 Å². The Hall–Kier alpha value is -2.08. The van der Waals surface area contributed by atoms with Crippen LogP contribution in [0.5, 0.6) is 0 Å². The molecule has 2 saturated heterocycles. The van der Waals surface area contributed by atoms with Gasteiger partial charge in [-0.15, -0.1) is 0 Å². The van der Waals surface area contributed by atoms with E-state index in [4.69, 9.17) is 0 Å².